The quantitative estimate of drug-likeness (QED) is 0.667. The van der Waals surface area contributed by atoms with Crippen molar-refractivity contribution in [2.45, 2.75) is 64.6 Å². The van der Waals surface area contributed by atoms with Gasteiger partial charge in [-0.25, -0.2) is 0 Å². The SMILES string of the molecule is CC1(C)OB(C=CC2CCCC2)OC1(C)C. The lowest BCUT2D eigenvalue weighted by Crippen LogP contribution is -2.41. The Morgan fingerprint density at radius 1 is 1.00 bits per heavy atom. The van der Waals surface area contributed by atoms with Crippen molar-refractivity contribution in [1.82, 2.24) is 0 Å². The molecule has 0 unspecified atom stereocenters. The Labute approximate surface area is 99.5 Å². The Morgan fingerprint density at radius 3 is 2.00 bits per heavy atom. The Kier molecular flexibility index (Phi) is 3.19. The van der Waals surface area contributed by atoms with Crippen LogP contribution >= 0.6 is 0 Å². The maximum Gasteiger partial charge on any atom is 0.486 e. The molecule has 0 aromatic rings. The minimum absolute atomic E-state index is 0.161. The van der Waals surface area contributed by atoms with Gasteiger partial charge in [0.15, 0.2) is 0 Å². The second-order valence-corrected chi connectivity index (χ2v) is 6.05. The van der Waals surface area contributed by atoms with E-state index >= 15 is 0 Å². The van der Waals surface area contributed by atoms with Gasteiger partial charge in [0, 0.05) is 0 Å². The summed E-state index contributed by atoms with van der Waals surface area (Å²) in [5.41, 5.74) is -0.421. The molecular formula is C13H23BO2. The summed E-state index contributed by atoms with van der Waals surface area (Å²) in [6.45, 7) is 8.37. The fraction of sp³-hybridized carbons (Fsp3) is 0.846. The van der Waals surface area contributed by atoms with Gasteiger partial charge in [0.05, 0.1) is 11.2 Å². The van der Waals surface area contributed by atoms with Gasteiger partial charge in [-0.1, -0.05) is 24.9 Å². The van der Waals surface area contributed by atoms with E-state index in [1.165, 1.54) is 25.7 Å². The first-order chi connectivity index (χ1) is 7.41. The second-order valence-electron chi connectivity index (χ2n) is 6.05. The van der Waals surface area contributed by atoms with E-state index in [0.29, 0.717) is 0 Å². The van der Waals surface area contributed by atoms with Gasteiger partial charge < -0.3 is 9.31 Å². The van der Waals surface area contributed by atoms with E-state index in [2.05, 4.69) is 39.7 Å². The minimum Gasteiger partial charge on any atom is -0.400 e. The van der Waals surface area contributed by atoms with Crippen LogP contribution < -0.4 is 0 Å². The van der Waals surface area contributed by atoms with Crippen molar-refractivity contribution in [2.24, 2.45) is 5.92 Å². The molecule has 16 heavy (non-hydrogen) atoms. The highest BCUT2D eigenvalue weighted by Gasteiger charge is 2.50. The molecule has 2 rings (SSSR count). The van der Waals surface area contributed by atoms with Crippen LogP contribution in [0.4, 0.5) is 0 Å². The maximum atomic E-state index is 5.91. The van der Waals surface area contributed by atoms with Gasteiger partial charge in [-0.05, 0) is 46.5 Å². The van der Waals surface area contributed by atoms with E-state index in [9.17, 15) is 0 Å². The van der Waals surface area contributed by atoms with Crippen molar-refractivity contribution in [3.63, 3.8) is 0 Å². The summed E-state index contributed by atoms with van der Waals surface area (Å²) in [4.78, 5) is 0. The molecule has 0 N–H and O–H groups in total. The van der Waals surface area contributed by atoms with Gasteiger partial charge >= 0.3 is 7.12 Å². The van der Waals surface area contributed by atoms with E-state index in [1.807, 2.05) is 0 Å². The zero-order valence-electron chi connectivity index (χ0n) is 11.0. The van der Waals surface area contributed by atoms with Crippen LogP contribution in [-0.2, 0) is 9.31 Å². The van der Waals surface area contributed by atoms with E-state index in [4.69, 9.17) is 9.31 Å². The summed E-state index contributed by atoms with van der Waals surface area (Å²) < 4.78 is 11.8. The minimum atomic E-state index is -0.211. The number of rotatable bonds is 2. The molecule has 90 valence electrons. The lowest BCUT2D eigenvalue weighted by Gasteiger charge is -2.32. The molecule has 1 aliphatic carbocycles. The molecule has 2 nitrogen and oxygen atoms in total. The summed E-state index contributed by atoms with van der Waals surface area (Å²) in [5.74, 6) is 2.85. The van der Waals surface area contributed by atoms with Crippen LogP contribution in [0, 0.1) is 5.92 Å². The van der Waals surface area contributed by atoms with Crippen molar-refractivity contribution >= 4 is 7.12 Å². The number of allylic oxidation sites excluding steroid dienone is 1. The average Bonchev–Trinajstić information content (AvgIpc) is 2.70. The zero-order valence-corrected chi connectivity index (χ0v) is 11.0. The van der Waals surface area contributed by atoms with Crippen LogP contribution in [0.15, 0.2) is 12.1 Å². The highest BCUT2D eigenvalue weighted by molar-refractivity contribution is 6.51. The van der Waals surface area contributed by atoms with Crippen LogP contribution in [0.2, 0.25) is 0 Å². The highest BCUT2D eigenvalue weighted by atomic mass is 16.7. The predicted molar refractivity (Wildman–Crippen MR) is 67.2 cm³/mol. The van der Waals surface area contributed by atoms with Crippen molar-refractivity contribution in [1.29, 1.82) is 0 Å². The molecule has 1 aliphatic heterocycles. The summed E-state index contributed by atoms with van der Waals surface area (Å²) in [5, 5.41) is 0. The number of hydrogen-bond acceptors (Lipinski definition) is 2. The molecule has 0 radical (unpaired) electrons. The second kappa shape index (κ2) is 4.19. The van der Waals surface area contributed by atoms with Crippen LogP contribution in [0.5, 0.6) is 0 Å². The third-order valence-electron chi connectivity index (χ3n) is 4.21. The van der Waals surface area contributed by atoms with Gasteiger partial charge in [-0.2, -0.15) is 0 Å². The van der Waals surface area contributed by atoms with Gasteiger partial charge in [0.25, 0.3) is 0 Å². The largest absolute Gasteiger partial charge is 0.486 e. The van der Waals surface area contributed by atoms with Crippen LogP contribution in [0.1, 0.15) is 53.4 Å². The molecule has 2 fully saturated rings. The van der Waals surface area contributed by atoms with Crippen molar-refractivity contribution in [3.05, 3.63) is 12.1 Å². The third kappa shape index (κ3) is 2.35. The molecule has 0 aromatic heterocycles. The molecule has 3 heteroatoms. The Morgan fingerprint density at radius 2 is 1.50 bits per heavy atom. The Balaban J connectivity index is 1.93. The monoisotopic (exact) mass is 222 g/mol. The zero-order chi connectivity index (χ0) is 11.8. The lowest BCUT2D eigenvalue weighted by atomic mass is 9.88. The molecule has 0 spiro atoms. The first-order valence-corrected chi connectivity index (χ1v) is 6.45. The molecule has 1 saturated carbocycles. The van der Waals surface area contributed by atoms with Crippen molar-refractivity contribution in [2.75, 3.05) is 0 Å². The Hall–Kier alpha value is -0.275. The predicted octanol–water partition coefficient (Wildman–Crippen LogP) is 3.36. The first kappa shape index (κ1) is 12.2. The Bertz CT molecular complexity index is 262. The van der Waals surface area contributed by atoms with Gasteiger partial charge in [0.2, 0.25) is 0 Å². The first-order valence-electron chi connectivity index (χ1n) is 6.45. The van der Waals surface area contributed by atoms with Crippen LogP contribution in [-0.4, -0.2) is 18.3 Å². The average molecular weight is 222 g/mol. The molecule has 1 heterocycles. The summed E-state index contributed by atoms with van der Waals surface area (Å²) in [6, 6.07) is 0. The molecule has 0 atom stereocenters. The lowest BCUT2D eigenvalue weighted by molar-refractivity contribution is 0.00578. The van der Waals surface area contributed by atoms with Crippen molar-refractivity contribution in [3.8, 4) is 0 Å². The fourth-order valence-electron chi connectivity index (χ4n) is 2.36. The summed E-state index contributed by atoms with van der Waals surface area (Å²) in [7, 11) is -0.161. The fourth-order valence-corrected chi connectivity index (χ4v) is 2.36. The van der Waals surface area contributed by atoms with Crippen LogP contribution in [0.25, 0.3) is 0 Å². The van der Waals surface area contributed by atoms with Crippen LogP contribution in [0.3, 0.4) is 0 Å². The molecule has 0 aromatic carbocycles. The van der Waals surface area contributed by atoms with Gasteiger partial charge in [-0.3, -0.25) is 0 Å². The summed E-state index contributed by atoms with van der Waals surface area (Å²) in [6.07, 6.45) is 7.69. The normalized spacial score (nSPS) is 29.4. The smallest absolute Gasteiger partial charge is 0.400 e. The van der Waals surface area contributed by atoms with E-state index in [1.54, 1.807) is 0 Å². The van der Waals surface area contributed by atoms with Crippen molar-refractivity contribution < 1.29 is 9.31 Å². The van der Waals surface area contributed by atoms with Gasteiger partial charge in [0.1, 0.15) is 0 Å². The molecule has 0 amide bonds. The molecular weight excluding hydrogens is 199 g/mol. The topological polar surface area (TPSA) is 18.5 Å². The summed E-state index contributed by atoms with van der Waals surface area (Å²) >= 11 is 0. The maximum absolute atomic E-state index is 5.91. The van der Waals surface area contributed by atoms with E-state index in [-0.39, 0.29) is 18.3 Å². The highest BCUT2D eigenvalue weighted by Crippen LogP contribution is 2.37. The van der Waals surface area contributed by atoms with Gasteiger partial charge in [-0.15, -0.1) is 0 Å². The van der Waals surface area contributed by atoms with E-state index < -0.39 is 0 Å². The molecule has 1 saturated heterocycles. The third-order valence-corrected chi connectivity index (χ3v) is 4.21. The molecule has 0 bridgehead atoms. The number of hydrogen-bond donors (Lipinski definition) is 0. The molecule has 2 aliphatic rings. The standard InChI is InChI=1S/C13H23BO2/c1-12(2)13(3,4)16-14(15-12)10-9-11-7-5-6-8-11/h9-11H,5-8H2,1-4H3. The van der Waals surface area contributed by atoms with E-state index in [0.717, 1.165) is 5.92 Å².